The molecule has 1 aliphatic carbocycles. The van der Waals surface area contributed by atoms with Crippen LogP contribution in [0.1, 0.15) is 36.5 Å². The molecule has 0 unspecified atom stereocenters. The first kappa shape index (κ1) is 11.3. The molecule has 0 N–H and O–H groups in total. The predicted octanol–water partition coefficient (Wildman–Crippen LogP) is 4.99. The van der Waals surface area contributed by atoms with Gasteiger partial charge >= 0.3 is 0 Å². The Labute approximate surface area is 116 Å². The van der Waals surface area contributed by atoms with Crippen molar-refractivity contribution >= 4 is 22.6 Å². The maximum absolute atomic E-state index is 2.39. The minimum Gasteiger partial charge on any atom is -0.0587 e. The van der Waals surface area contributed by atoms with Crippen molar-refractivity contribution in [3.05, 3.63) is 56.7 Å². The highest BCUT2D eigenvalue weighted by atomic mass is 127. The van der Waals surface area contributed by atoms with E-state index in [0.717, 1.165) is 6.42 Å². The second-order valence-electron chi connectivity index (χ2n) is 5.05. The summed E-state index contributed by atoms with van der Waals surface area (Å²) in [5.74, 6) is 0.605. The lowest BCUT2D eigenvalue weighted by Crippen LogP contribution is -1.88. The van der Waals surface area contributed by atoms with Gasteiger partial charge in [-0.3, -0.25) is 0 Å². The molecule has 3 rings (SSSR count). The summed E-state index contributed by atoms with van der Waals surface area (Å²) in [7, 11) is 0. The summed E-state index contributed by atoms with van der Waals surface area (Å²) in [4.78, 5) is 0. The smallest absolute Gasteiger partial charge is 0.0133 e. The molecule has 1 aliphatic rings. The van der Waals surface area contributed by atoms with Gasteiger partial charge in [-0.15, -0.1) is 0 Å². The second-order valence-corrected chi connectivity index (χ2v) is 6.30. The predicted molar refractivity (Wildman–Crippen MR) is 81.5 cm³/mol. The zero-order valence-electron chi connectivity index (χ0n) is 10.1. The molecule has 1 heteroatoms. The highest BCUT2D eigenvalue weighted by Gasteiger charge is 2.18. The van der Waals surface area contributed by atoms with Gasteiger partial charge in [-0.1, -0.05) is 38.1 Å². The van der Waals surface area contributed by atoms with Crippen LogP contribution in [-0.2, 0) is 6.42 Å². The fourth-order valence-corrected chi connectivity index (χ4v) is 3.09. The van der Waals surface area contributed by atoms with Gasteiger partial charge in [0.05, 0.1) is 0 Å². The summed E-state index contributed by atoms with van der Waals surface area (Å²) in [6, 6.07) is 13.7. The molecule has 0 fully saturated rings. The van der Waals surface area contributed by atoms with Gasteiger partial charge < -0.3 is 0 Å². The Hall–Kier alpha value is -0.830. The van der Waals surface area contributed by atoms with Crippen LogP contribution in [0.4, 0.5) is 0 Å². The molecule has 2 aromatic rings. The fourth-order valence-electron chi connectivity index (χ4n) is 2.53. The number of halogens is 1. The van der Waals surface area contributed by atoms with Crippen molar-refractivity contribution in [3.8, 4) is 11.1 Å². The summed E-state index contributed by atoms with van der Waals surface area (Å²) >= 11 is 2.39. The Kier molecular flexibility index (Phi) is 2.74. The zero-order chi connectivity index (χ0) is 12.0. The monoisotopic (exact) mass is 334 g/mol. The molecule has 2 aromatic carbocycles. The number of benzene rings is 2. The van der Waals surface area contributed by atoms with Crippen LogP contribution in [0.3, 0.4) is 0 Å². The lowest BCUT2D eigenvalue weighted by atomic mass is 9.97. The summed E-state index contributed by atoms with van der Waals surface area (Å²) < 4.78 is 1.33. The van der Waals surface area contributed by atoms with Crippen LogP contribution in [0.25, 0.3) is 11.1 Å². The minimum atomic E-state index is 0.605. The van der Waals surface area contributed by atoms with Crippen LogP contribution in [0.2, 0.25) is 0 Å². The van der Waals surface area contributed by atoms with E-state index in [1.807, 2.05) is 0 Å². The third kappa shape index (κ3) is 1.90. The standard InChI is InChI=1S/C16H15I/c1-10(2)11-3-4-12-7-13-8-14(17)5-6-15(13)16(12)9-11/h3-6,8-10H,7H2,1-2H3. The van der Waals surface area contributed by atoms with Crippen molar-refractivity contribution in [1.29, 1.82) is 0 Å². The van der Waals surface area contributed by atoms with E-state index in [1.165, 1.54) is 31.4 Å². The summed E-state index contributed by atoms with van der Waals surface area (Å²) in [6.45, 7) is 4.51. The van der Waals surface area contributed by atoms with E-state index >= 15 is 0 Å². The number of hydrogen-bond donors (Lipinski definition) is 0. The van der Waals surface area contributed by atoms with Gasteiger partial charge in [0, 0.05) is 3.57 Å². The van der Waals surface area contributed by atoms with Crippen LogP contribution >= 0.6 is 22.6 Å². The van der Waals surface area contributed by atoms with Crippen molar-refractivity contribution in [2.24, 2.45) is 0 Å². The van der Waals surface area contributed by atoms with Crippen LogP contribution in [-0.4, -0.2) is 0 Å². The first-order valence-electron chi connectivity index (χ1n) is 6.07. The summed E-state index contributed by atoms with van der Waals surface area (Å²) in [5, 5.41) is 0. The van der Waals surface area contributed by atoms with Gasteiger partial charge in [0.1, 0.15) is 0 Å². The Balaban J connectivity index is 2.17. The first-order valence-corrected chi connectivity index (χ1v) is 7.14. The summed E-state index contributed by atoms with van der Waals surface area (Å²) in [5.41, 5.74) is 7.28. The van der Waals surface area contributed by atoms with E-state index < -0.39 is 0 Å². The largest absolute Gasteiger partial charge is 0.0587 e. The van der Waals surface area contributed by atoms with Crippen molar-refractivity contribution in [2.75, 3.05) is 0 Å². The van der Waals surface area contributed by atoms with E-state index in [1.54, 1.807) is 0 Å². The van der Waals surface area contributed by atoms with Gasteiger partial charge in [-0.2, -0.15) is 0 Å². The molecule has 86 valence electrons. The van der Waals surface area contributed by atoms with Crippen LogP contribution in [0, 0.1) is 3.57 Å². The molecule has 0 atom stereocenters. The highest BCUT2D eigenvalue weighted by molar-refractivity contribution is 14.1. The van der Waals surface area contributed by atoms with Crippen molar-refractivity contribution < 1.29 is 0 Å². The van der Waals surface area contributed by atoms with E-state index in [4.69, 9.17) is 0 Å². The second kappa shape index (κ2) is 4.13. The highest BCUT2D eigenvalue weighted by Crippen LogP contribution is 2.38. The van der Waals surface area contributed by atoms with Crippen molar-refractivity contribution in [3.63, 3.8) is 0 Å². The molecule has 0 aromatic heterocycles. The van der Waals surface area contributed by atoms with Gasteiger partial charge in [-0.05, 0) is 74.9 Å². The van der Waals surface area contributed by atoms with Crippen molar-refractivity contribution in [2.45, 2.75) is 26.2 Å². The Morgan fingerprint density at radius 3 is 2.53 bits per heavy atom. The van der Waals surface area contributed by atoms with Gasteiger partial charge in [0.25, 0.3) is 0 Å². The van der Waals surface area contributed by atoms with Gasteiger partial charge in [0.15, 0.2) is 0 Å². The molecule has 0 aliphatic heterocycles. The lowest BCUT2D eigenvalue weighted by molar-refractivity contribution is 0.866. The zero-order valence-corrected chi connectivity index (χ0v) is 12.3. The van der Waals surface area contributed by atoms with Crippen LogP contribution in [0.15, 0.2) is 36.4 Å². The molecule has 0 heterocycles. The Morgan fingerprint density at radius 1 is 0.941 bits per heavy atom. The SMILES string of the molecule is CC(C)c1ccc2c(c1)-c1ccc(I)cc1C2. The third-order valence-corrected chi connectivity index (χ3v) is 4.21. The molecule has 17 heavy (non-hydrogen) atoms. The molecule has 0 radical (unpaired) electrons. The molecule has 0 spiro atoms. The number of fused-ring (bicyclic) bond motifs is 3. The van der Waals surface area contributed by atoms with Gasteiger partial charge in [-0.25, -0.2) is 0 Å². The number of rotatable bonds is 1. The molecular weight excluding hydrogens is 319 g/mol. The van der Waals surface area contributed by atoms with E-state index in [-0.39, 0.29) is 0 Å². The maximum atomic E-state index is 2.39. The number of hydrogen-bond acceptors (Lipinski definition) is 0. The molecule has 0 amide bonds. The van der Waals surface area contributed by atoms with E-state index in [2.05, 4.69) is 72.8 Å². The molecule has 0 nitrogen and oxygen atoms in total. The third-order valence-electron chi connectivity index (χ3n) is 3.54. The average Bonchev–Trinajstić information content (AvgIpc) is 2.64. The minimum absolute atomic E-state index is 0.605. The van der Waals surface area contributed by atoms with E-state index in [0.29, 0.717) is 5.92 Å². The normalized spacial score (nSPS) is 12.7. The molecule has 0 bridgehead atoms. The van der Waals surface area contributed by atoms with Crippen LogP contribution < -0.4 is 0 Å². The average molecular weight is 334 g/mol. The topological polar surface area (TPSA) is 0 Å². The molecule has 0 saturated carbocycles. The molecule has 0 saturated heterocycles. The fraction of sp³-hybridized carbons (Fsp3) is 0.250. The van der Waals surface area contributed by atoms with Crippen molar-refractivity contribution in [1.82, 2.24) is 0 Å². The van der Waals surface area contributed by atoms with Gasteiger partial charge in [0.2, 0.25) is 0 Å². The van der Waals surface area contributed by atoms with E-state index in [9.17, 15) is 0 Å². The van der Waals surface area contributed by atoms with Crippen LogP contribution in [0.5, 0.6) is 0 Å². The quantitative estimate of drug-likeness (QED) is 0.550. The summed E-state index contributed by atoms with van der Waals surface area (Å²) in [6.07, 6.45) is 1.10. The lowest BCUT2D eigenvalue weighted by Gasteiger charge is -2.08. The maximum Gasteiger partial charge on any atom is 0.0133 e. The first-order chi connectivity index (χ1) is 8.15. The Bertz CT molecular complexity index is 582. The molecular formula is C16H15I. The Morgan fingerprint density at radius 2 is 1.76 bits per heavy atom.